The molecule has 0 fully saturated rings. The summed E-state index contributed by atoms with van der Waals surface area (Å²) in [6.07, 6.45) is -2.68. The van der Waals surface area contributed by atoms with E-state index in [2.05, 4.69) is 20.9 Å². The normalized spacial score (nSPS) is 10.1. The van der Waals surface area contributed by atoms with E-state index in [-0.39, 0.29) is 28.0 Å². The number of methoxy groups -OCH3 is 1. The lowest BCUT2D eigenvalue weighted by atomic mass is 10.2. The van der Waals surface area contributed by atoms with Crippen LogP contribution in [0.5, 0.6) is 5.75 Å². The molecule has 0 unspecified atom stereocenters. The fourth-order valence-corrected chi connectivity index (χ4v) is 1.49. The number of nitriles is 1. The molecule has 0 atom stereocenters. The van der Waals surface area contributed by atoms with Crippen molar-refractivity contribution in [1.29, 1.82) is 5.26 Å². The topological polar surface area (TPSA) is 45.9 Å². The number of aromatic nitrogens is 1. The van der Waals surface area contributed by atoms with Gasteiger partial charge in [-0.15, -0.1) is 0 Å². The molecule has 1 rings (SSSR count). The summed E-state index contributed by atoms with van der Waals surface area (Å²) in [4.78, 5) is 3.67. The lowest BCUT2D eigenvalue weighted by molar-refractivity contribution is 0.145. The first-order valence-corrected chi connectivity index (χ1v) is 5.08. The summed E-state index contributed by atoms with van der Waals surface area (Å²) in [5.74, 6) is 0.122. The van der Waals surface area contributed by atoms with Crippen LogP contribution in [0.2, 0.25) is 0 Å². The van der Waals surface area contributed by atoms with Crippen molar-refractivity contribution >= 4 is 15.9 Å². The molecule has 0 aromatic carbocycles. The van der Waals surface area contributed by atoms with Gasteiger partial charge in [-0.25, -0.2) is 13.8 Å². The number of alkyl halides is 3. The highest BCUT2D eigenvalue weighted by Gasteiger charge is 2.17. The third kappa shape index (κ3) is 2.42. The first-order valence-electron chi connectivity index (χ1n) is 3.96. The second-order valence-corrected chi connectivity index (χ2v) is 3.18. The van der Waals surface area contributed by atoms with Gasteiger partial charge >= 0.3 is 0 Å². The molecule has 0 aliphatic carbocycles. The minimum Gasteiger partial charge on any atom is -0.495 e. The van der Waals surface area contributed by atoms with Gasteiger partial charge in [0.15, 0.2) is 0 Å². The maximum atomic E-state index is 12.4. The second kappa shape index (κ2) is 5.03. The van der Waals surface area contributed by atoms with Gasteiger partial charge in [-0.2, -0.15) is 5.26 Å². The fourth-order valence-electron chi connectivity index (χ4n) is 1.08. The van der Waals surface area contributed by atoms with Crippen LogP contribution < -0.4 is 4.74 Å². The Morgan fingerprint density at radius 2 is 2.33 bits per heavy atom. The van der Waals surface area contributed by atoms with Gasteiger partial charge in [0.2, 0.25) is 0 Å². The molecule has 0 bridgehead atoms. The van der Waals surface area contributed by atoms with E-state index in [9.17, 15) is 8.78 Å². The van der Waals surface area contributed by atoms with Crippen LogP contribution in [0.15, 0.2) is 6.07 Å². The van der Waals surface area contributed by atoms with Crippen LogP contribution in [0, 0.1) is 11.3 Å². The summed E-state index contributed by atoms with van der Waals surface area (Å²) >= 11 is 3.08. The lowest BCUT2D eigenvalue weighted by Gasteiger charge is -2.08. The van der Waals surface area contributed by atoms with Crippen LogP contribution in [0.25, 0.3) is 0 Å². The molecule has 15 heavy (non-hydrogen) atoms. The van der Waals surface area contributed by atoms with Gasteiger partial charge in [0, 0.05) is 11.4 Å². The van der Waals surface area contributed by atoms with E-state index in [0.29, 0.717) is 0 Å². The second-order valence-electron chi connectivity index (χ2n) is 2.62. The van der Waals surface area contributed by atoms with Crippen molar-refractivity contribution in [3.05, 3.63) is 23.0 Å². The Bertz CT molecular complexity index is 379. The zero-order valence-corrected chi connectivity index (χ0v) is 9.38. The zero-order valence-electron chi connectivity index (χ0n) is 7.80. The summed E-state index contributed by atoms with van der Waals surface area (Å²) in [7, 11) is 1.32. The van der Waals surface area contributed by atoms with Crippen molar-refractivity contribution in [3.8, 4) is 11.8 Å². The maximum Gasteiger partial charge on any atom is 0.280 e. The number of hydrogen-bond donors (Lipinski definition) is 0. The molecule has 0 N–H and O–H groups in total. The molecule has 0 saturated heterocycles. The quantitative estimate of drug-likeness (QED) is 0.798. The maximum absolute atomic E-state index is 12.4. The van der Waals surface area contributed by atoms with Crippen molar-refractivity contribution in [3.63, 3.8) is 0 Å². The predicted molar refractivity (Wildman–Crippen MR) is 53.1 cm³/mol. The molecule has 0 aliphatic rings. The number of pyridine rings is 1. The molecule has 0 radical (unpaired) electrons. The van der Waals surface area contributed by atoms with E-state index in [1.54, 1.807) is 0 Å². The highest BCUT2D eigenvalue weighted by Crippen LogP contribution is 2.27. The fraction of sp³-hybridized carbons (Fsp3) is 0.333. The van der Waals surface area contributed by atoms with Gasteiger partial charge in [-0.3, -0.25) is 0 Å². The van der Waals surface area contributed by atoms with Crippen LogP contribution in [0.3, 0.4) is 0 Å². The molecule has 0 aliphatic heterocycles. The molecule has 6 heteroatoms. The van der Waals surface area contributed by atoms with Crippen LogP contribution in [0.1, 0.15) is 23.4 Å². The number of nitrogens with zero attached hydrogens (tertiary/aromatic N) is 2. The van der Waals surface area contributed by atoms with Gasteiger partial charge in [-0.1, -0.05) is 15.9 Å². The van der Waals surface area contributed by atoms with Crippen molar-refractivity contribution in [2.45, 2.75) is 11.8 Å². The third-order valence-electron chi connectivity index (χ3n) is 1.76. The van der Waals surface area contributed by atoms with E-state index in [4.69, 9.17) is 10.00 Å². The van der Waals surface area contributed by atoms with Crippen molar-refractivity contribution in [2.75, 3.05) is 7.11 Å². The Labute approximate surface area is 93.8 Å². The Balaban J connectivity index is 3.37. The van der Waals surface area contributed by atoms with E-state index in [0.717, 1.165) is 6.07 Å². The molecule has 0 amide bonds. The average molecular weight is 277 g/mol. The van der Waals surface area contributed by atoms with Crippen LogP contribution >= 0.6 is 15.9 Å². The predicted octanol–water partition coefficient (Wildman–Crippen LogP) is 2.79. The van der Waals surface area contributed by atoms with Crippen LogP contribution in [0.4, 0.5) is 8.78 Å². The Kier molecular flexibility index (Phi) is 3.97. The van der Waals surface area contributed by atoms with Crippen LogP contribution in [-0.2, 0) is 5.33 Å². The first-order chi connectivity index (χ1) is 7.13. The molecular weight excluding hydrogens is 270 g/mol. The largest absolute Gasteiger partial charge is 0.495 e. The van der Waals surface area contributed by atoms with E-state index in [1.165, 1.54) is 7.11 Å². The van der Waals surface area contributed by atoms with E-state index >= 15 is 0 Å². The summed E-state index contributed by atoms with van der Waals surface area (Å²) < 4.78 is 29.7. The zero-order chi connectivity index (χ0) is 11.4. The summed E-state index contributed by atoms with van der Waals surface area (Å²) in [6, 6.07) is 2.95. The third-order valence-corrected chi connectivity index (χ3v) is 2.29. The van der Waals surface area contributed by atoms with Gasteiger partial charge in [-0.05, 0) is 0 Å². The summed E-state index contributed by atoms with van der Waals surface area (Å²) in [6.45, 7) is 0. The lowest BCUT2D eigenvalue weighted by Crippen LogP contribution is -2.01. The number of hydrogen-bond acceptors (Lipinski definition) is 3. The first kappa shape index (κ1) is 11.9. The highest BCUT2D eigenvalue weighted by atomic mass is 79.9. The minimum absolute atomic E-state index is 0.122. The van der Waals surface area contributed by atoms with Gasteiger partial charge in [0.05, 0.1) is 12.8 Å². The van der Waals surface area contributed by atoms with Gasteiger partial charge < -0.3 is 4.74 Å². The van der Waals surface area contributed by atoms with Gasteiger partial charge in [0.25, 0.3) is 6.43 Å². The van der Waals surface area contributed by atoms with E-state index < -0.39 is 6.43 Å². The molecular formula is C9H7BrF2N2O. The average Bonchev–Trinajstić information content (AvgIpc) is 2.26. The summed E-state index contributed by atoms with van der Waals surface area (Å²) in [5.41, 5.74) is 0.0474. The molecule has 0 saturated carbocycles. The van der Waals surface area contributed by atoms with Crippen LogP contribution in [-0.4, -0.2) is 12.1 Å². The molecule has 1 aromatic heterocycles. The Hall–Kier alpha value is -1.22. The molecule has 1 aromatic rings. The Morgan fingerprint density at radius 3 is 2.73 bits per heavy atom. The highest BCUT2D eigenvalue weighted by molar-refractivity contribution is 9.08. The molecule has 1 heterocycles. The summed E-state index contributed by atoms with van der Waals surface area (Å²) in [5, 5.41) is 9.04. The molecule has 80 valence electrons. The van der Waals surface area contributed by atoms with Crippen molar-refractivity contribution < 1.29 is 13.5 Å². The number of ether oxygens (including phenoxy) is 1. The standard InChI is InChI=1S/C9H7BrF2N2O/c1-15-8-2-6(9(11)12)14-7(3-10)5(8)4-13/h2,9H,3H2,1H3. The molecule has 3 nitrogen and oxygen atoms in total. The van der Waals surface area contributed by atoms with E-state index in [1.807, 2.05) is 6.07 Å². The SMILES string of the molecule is COc1cc(C(F)F)nc(CBr)c1C#N. The number of rotatable bonds is 3. The van der Waals surface area contributed by atoms with Gasteiger partial charge in [0.1, 0.15) is 23.1 Å². The minimum atomic E-state index is -2.68. The monoisotopic (exact) mass is 276 g/mol. The van der Waals surface area contributed by atoms with Crippen molar-refractivity contribution in [1.82, 2.24) is 4.98 Å². The Morgan fingerprint density at radius 1 is 1.67 bits per heavy atom. The van der Waals surface area contributed by atoms with Crippen molar-refractivity contribution in [2.24, 2.45) is 0 Å². The molecule has 0 spiro atoms. The number of halogens is 3. The smallest absolute Gasteiger partial charge is 0.280 e.